The molecule has 0 saturated carbocycles. The Balaban J connectivity index is 2.23. The van der Waals surface area contributed by atoms with Gasteiger partial charge in [0.15, 0.2) is 0 Å². The van der Waals surface area contributed by atoms with Crippen LogP contribution in [0.1, 0.15) is 11.3 Å². The summed E-state index contributed by atoms with van der Waals surface area (Å²) in [5.74, 6) is -0.591. The van der Waals surface area contributed by atoms with Crippen molar-refractivity contribution in [1.82, 2.24) is 4.57 Å². The maximum Gasteiger partial charge on any atom is 0.431 e. The van der Waals surface area contributed by atoms with Crippen LogP contribution in [0.4, 0.5) is 13.2 Å². The molecule has 3 aromatic rings. The molecule has 0 bridgehead atoms. The van der Waals surface area contributed by atoms with Crippen molar-refractivity contribution < 1.29 is 22.7 Å². The summed E-state index contributed by atoms with van der Waals surface area (Å²) in [5, 5.41) is 1.04. The predicted molar refractivity (Wildman–Crippen MR) is 98.2 cm³/mol. The molecule has 1 atom stereocenters. The van der Waals surface area contributed by atoms with Crippen LogP contribution < -0.4 is 11.3 Å². The van der Waals surface area contributed by atoms with Crippen molar-refractivity contribution in [1.29, 1.82) is 0 Å². The van der Waals surface area contributed by atoms with Gasteiger partial charge in [-0.1, -0.05) is 36.4 Å². The Morgan fingerprint density at radius 3 is 2.39 bits per heavy atom. The van der Waals surface area contributed by atoms with Gasteiger partial charge in [-0.05, 0) is 29.5 Å². The number of hydrogen-bond donors (Lipinski definition) is 1. The van der Waals surface area contributed by atoms with Crippen LogP contribution in [0.25, 0.3) is 16.5 Å². The van der Waals surface area contributed by atoms with Crippen LogP contribution in [0.2, 0.25) is 0 Å². The molecule has 0 fully saturated rings. The number of nitrogens with zero attached hydrogens (tertiary/aromatic N) is 1. The molecule has 2 aromatic carbocycles. The number of ether oxygens (including phenoxy) is 1. The second kappa shape index (κ2) is 7.47. The zero-order valence-electron chi connectivity index (χ0n) is 14.9. The Labute approximate surface area is 158 Å². The highest BCUT2D eigenvalue weighted by Gasteiger charge is 2.35. The summed E-state index contributed by atoms with van der Waals surface area (Å²) in [6, 6.07) is 11.8. The van der Waals surface area contributed by atoms with Crippen LogP contribution in [0.5, 0.6) is 0 Å². The highest BCUT2D eigenvalue weighted by Crippen LogP contribution is 2.32. The second-order valence-corrected chi connectivity index (χ2v) is 6.21. The minimum absolute atomic E-state index is 0.101. The maximum atomic E-state index is 13.5. The van der Waals surface area contributed by atoms with E-state index in [1.165, 1.54) is 13.2 Å². The first-order chi connectivity index (χ1) is 13.2. The number of fused-ring (bicyclic) bond motifs is 1. The Bertz CT molecular complexity index is 1090. The van der Waals surface area contributed by atoms with E-state index >= 15 is 0 Å². The highest BCUT2D eigenvalue weighted by molar-refractivity contribution is 5.93. The van der Waals surface area contributed by atoms with Crippen molar-refractivity contribution in [2.75, 3.05) is 7.11 Å². The molecular formula is C20H17F3N2O3. The second-order valence-electron chi connectivity index (χ2n) is 6.21. The molecule has 3 rings (SSSR count). The zero-order valence-corrected chi connectivity index (χ0v) is 14.9. The Hall–Kier alpha value is -3.13. The third kappa shape index (κ3) is 3.63. The smallest absolute Gasteiger partial charge is 0.431 e. The first-order valence-corrected chi connectivity index (χ1v) is 8.37. The van der Waals surface area contributed by atoms with Gasteiger partial charge in [-0.15, -0.1) is 0 Å². The fraction of sp³-hybridized carbons (Fsp3) is 0.200. The Morgan fingerprint density at radius 1 is 1.07 bits per heavy atom. The number of hydrogen-bond acceptors (Lipinski definition) is 4. The van der Waals surface area contributed by atoms with Gasteiger partial charge in [0.1, 0.15) is 11.7 Å². The van der Waals surface area contributed by atoms with Crippen molar-refractivity contribution in [2.24, 2.45) is 5.73 Å². The molecule has 1 heterocycles. The van der Waals surface area contributed by atoms with E-state index < -0.39 is 29.4 Å². The van der Waals surface area contributed by atoms with Crippen LogP contribution in [-0.2, 0) is 22.1 Å². The number of esters is 1. The molecule has 0 radical (unpaired) electrons. The molecule has 5 nitrogen and oxygen atoms in total. The third-order valence-electron chi connectivity index (χ3n) is 4.42. The number of benzene rings is 2. The molecule has 0 aliphatic carbocycles. The van der Waals surface area contributed by atoms with E-state index in [2.05, 4.69) is 4.74 Å². The molecule has 0 amide bonds. The number of methoxy groups -OCH3 is 1. The lowest BCUT2D eigenvalue weighted by Gasteiger charge is -2.18. The van der Waals surface area contributed by atoms with E-state index in [1.54, 1.807) is 30.3 Å². The molecule has 146 valence electrons. The van der Waals surface area contributed by atoms with Crippen molar-refractivity contribution in [3.05, 3.63) is 76.2 Å². The van der Waals surface area contributed by atoms with Gasteiger partial charge in [0.25, 0.3) is 5.56 Å². The molecule has 28 heavy (non-hydrogen) atoms. The van der Waals surface area contributed by atoms with E-state index in [4.69, 9.17) is 5.73 Å². The van der Waals surface area contributed by atoms with Gasteiger partial charge < -0.3 is 10.5 Å². The summed E-state index contributed by atoms with van der Waals surface area (Å²) in [4.78, 5) is 23.9. The van der Waals surface area contributed by atoms with E-state index in [0.717, 1.165) is 18.2 Å². The molecule has 2 N–H and O–H groups in total. The minimum atomic E-state index is -4.70. The monoisotopic (exact) mass is 390 g/mol. The van der Waals surface area contributed by atoms with E-state index in [-0.39, 0.29) is 12.1 Å². The number of nitrogens with two attached hydrogens (primary N) is 1. The molecule has 0 unspecified atom stereocenters. The van der Waals surface area contributed by atoms with Crippen LogP contribution >= 0.6 is 0 Å². The average molecular weight is 390 g/mol. The summed E-state index contributed by atoms with van der Waals surface area (Å²) in [6.45, 7) is 0. The summed E-state index contributed by atoms with van der Waals surface area (Å²) in [6.07, 6.45) is -4.56. The van der Waals surface area contributed by atoms with Crippen LogP contribution in [-0.4, -0.2) is 23.7 Å². The number of alkyl halides is 3. The van der Waals surface area contributed by atoms with E-state index in [0.29, 0.717) is 20.9 Å². The molecular weight excluding hydrogens is 373 g/mol. The summed E-state index contributed by atoms with van der Waals surface area (Å²) < 4.78 is 45.7. The molecule has 0 spiro atoms. The van der Waals surface area contributed by atoms with Gasteiger partial charge >= 0.3 is 12.1 Å². The molecule has 0 aliphatic heterocycles. The summed E-state index contributed by atoms with van der Waals surface area (Å²) in [5.41, 5.74) is 4.73. The normalized spacial score (nSPS) is 12.8. The van der Waals surface area contributed by atoms with E-state index in [9.17, 15) is 22.8 Å². The first kappa shape index (κ1) is 19.6. The fourth-order valence-corrected chi connectivity index (χ4v) is 3.16. The Morgan fingerprint density at radius 2 is 1.71 bits per heavy atom. The van der Waals surface area contributed by atoms with Crippen LogP contribution in [0.15, 0.2) is 59.4 Å². The third-order valence-corrected chi connectivity index (χ3v) is 4.42. The topological polar surface area (TPSA) is 74.3 Å². The SMILES string of the molecule is COC(=O)[C@@H](N)Cc1cccc2c(-n3c(C(F)(F)F)cccc3=O)cccc12. The highest BCUT2D eigenvalue weighted by atomic mass is 19.4. The minimum Gasteiger partial charge on any atom is -0.468 e. The maximum absolute atomic E-state index is 13.5. The van der Waals surface area contributed by atoms with Gasteiger partial charge in [-0.2, -0.15) is 13.2 Å². The number of aromatic nitrogens is 1. The number of pyridine rings is 1. The first-order valence-electron chi connectivity index (χ1n) is 8.37. The quantitative estimate of drug-likeness (QED) is 0.695. The van der Waals surface area contributed by atoms with Crippen molar-refractivity contribution >= 4 is 16.7 Å². The lowest BCUT2D eigenvalue weighted by molar-refractivity contribution is -0.143. The lowest BCUT2D eigenvalue weighted by atomic mass is 9.98. The fourth-order valence-electron chi connectivity index (χ4n) is 3.16. The molecule has 0 aliphatic rings. The standard InChI is InChI=1S/C20H17F3N2O3/c1-28-19(27)15(24)11-12-5-2-7-14-13(12)6-3-8-16(14)25-17(20(21,22)23)9-4-10-18(25)26/h2-10,15H,11,24H2,1H3/t15-/m0/s1. The van der Waals surface area contributed by atoms with Crippen molar-refractivity contribution in [3.8, 4) is 5.69 Å². The summed E-state index contributed by atoms with van der Waals surface area (Å²) in [7, 11) is 1.23. The largest absolute Gasteiger partial charge is 0.468 e. The summed E-state index contributed by atoms with van der Waals surface area (Å²) >= 11 is 0. The molecule has 8 heteroatoms. The van der Waals surface area contributed by atoms with Gasteiger partial charge in [0, 0.05) is 11.5 Å². The van der Waals surface area contributed by atoms with E-state index in [1.807, 2.05) is 0 Å². The van der Waals surface area contributed by atoms with Crippen LogP contribution in [0.3, 0.4) is 0 Å². The van der Waals surface area contributed by atoms with Gasteiger partial charge in [-0.25, -0.2) is 0 Å². The Kier molecular flexibility index (Phi) is 5.24. The number of carbonyl (C=O) groups excluding carboxylic acids is 1. The number of rotatable bonds is 4. The lowest BCUT2D eigenvalue weighted by Crippen LogP contribution is -2.33. The number of halogens is 3. The average Bonchev–Trinajstić information content (AvgIpc) is 2.66. The van der Waals surface area contributed by atoms with Crippen molar-refractivity contribution in [2.45, 2.75) is 18.6 Å². The predicted octanol–water partition coefficient (Wildman–Crippen LogP) is 3.05. The zero-order chi connectivity index (χ0) is 20.5. The van der Waals surface area contributed by atoms with Gasteiger partial charge in [0.2, 0.25) is 0 Å². The van der Waals surface area contributed by atoms with Gasteiger partial charge in [0.05, 0.1) is 12.8 Å². The number of carbonyl (C=O) groups is 1. The van der Waals surface area contributed by atoms with Crippen molar-refractivity contribution in [3.63, 3.8) is 0 Å². The molecule has 0 saturated heterocycles. The molecule has 1 aromatic heterocycles. The van der Waals surface area contributed by atoms with Gasteiger partial charge in [-0.3, -0.25) is 14.2 Å². The van der Waals surface area contributed by atoms with Crippen LogP contribution in [0, 0.1) is 0 Å².